The van der Waals surface area contributed by atoms with Gasteiger partial charge in [-0.2, -0.15) is 10.4 Å². The molecule has 2 amide bonds. The van der Waals surface area contributed by atoms with E-state index in [4.69, 9.17) is 10.00 Å². The lowest BCUT2D eigenvalue weighted by molar-refractivity contribution is -0.128. The van der Waals surface area contributed by atoms with Crippen molar-refractivity contribution in [2.24, 2.45) is 0 Å². The molecule has 3 rings (SSSR count). The number of nitrogens with zero attached hydrogens (tertiary/aromatic N) is 3. The van der Waals surface area contributed by atoms with Gasteiger partial charge in [0.1, 0.15) is 5.75 Å². The first-order valence-corrected chi connectivity index (χ1v) is 9.21. The zero-order valence-electron chi connectivity index (χ0n) is 16.4. The molecule has 2 N–H and O–H groups in total. The van der Waals surface area contributed by atoms with Crippen LogP contribution in [0.1, 0.15) is 29.9 Å². The number of hydrogen-bond donors (Lipinski definition) is 2. The fourth-order valence-electron chi connectivity index (χ4n) is 2.76. The van der Waals surface area contributed by atoms with E-state index in [1.165, 1.54) is 11.6 Å². The number of nitriles is 1. The monoisotopic (exact) mass is 405 g/mol. The molecule has 0 bridgehead atoms. The van der Waals surface area contributed by atoms with E-state index in [0.29, 0.717) is 28.6 Å². The van der Waals surface area contributed by atoms with E-state index in [0.717, 1.165) is 0 Å². The number of fused-ring (bicyclic) bond motifs is 1. The van der Waals surface area contributed by atoms with Crippen LogP contribution in [0.25, 0.3) is 10.8 Å². The van der Waals surface area contributed by atoms with Gasteiger partial charge in [0.25, 0.3) is 17.4 Å². The van der Waals surface area contributed by atoms with Crippen LogP contribution in [0.4, 0.5) is 0 Å². The average molecular weight is 405 g/mol. The molecular formula is C21H19N5O4. The van der Waals surface area contributed by atoms with Crippen molar-refractivity contribution in [3.8, 4) is 11.8 Å². The minimum absolute atomic E-state index is 0.0213. The molecule has 0 aliphatic heterocycles. The van der Waals surface area contributed by atoms with Crippen LogP contribution in [0.2, 0.25) is 0 Å². The number of rotatable bonds is 5. The van der Waals surface area contributed by atoms with E-state index in [1.807, 2.05) is 6.07 Å². The Balaban J connectivity index is 1.70. The molecular weight excluding hydrogens is 386 g/mol. The Kier molecular flexibility index (Phi) is 6.08. The maximum atomic E-state index is 12.6. The summed E-state index contributed by atoms with van der Waals surface area (Å²) in [5.74, 6) is -0.834. The minimum atomic E-state index is -0.910. The summed E-state index contributed by atoms with van der Waals surface area (Å²) in [5, 5.41) is 13.7. The third-order valence-corrected chi connectivity index (χ3v) is 4.35. The van der Waals surface area contributed by atoms with Crippen LogP contribution in [-0.2, 0) is 11.3 Å². The van der Waals surface area contributed by atoms with Crippen molar-refractivity contribution < 1.29 is 14.3 Å². The zero-order chi connectivity index (χ0) is 21.7. The Bertz CT molecular complexity index is 1190. The van der Waals surface area contributed by atoms with Crippen LogP contribution in [0.3, 0.4) is 0 Å². The molecule has 0 saturated heterocycles. The molecule has 152 valence electrons. The topological polar surface area (TPSA) is 126 Å². The van der Waals surface area contributed by atoms with Crippen molar-refractivity contribution >= 4 is 22.6 Å². The Morgan fingerprint density at radius 3 is 2.43 bits per heavy atom. The number of hydrogen-bond acceptors (Lipinski definition) is 6. The van der Waals surface area contributed by atoms with Gasteiger partial charge < -0.3 is 4.74 Å². The molecule has 30 heavy (non-hydrogen) atoms. The average Bonchev–Trinajstić information content (AvgIpc) is 2.78. The maximum Gasteiger partial charge on any atom is 0.290 e. The molecule has 2 aromatic carbocycles. The number of carbonyl (C=O) groups is 2. The molecule has 0 fully saturated rings. The summed E-state index contributed by atoms with van der Waals surface area (Å²) in [6, 6.07) is 14.9. The van der Waals surface area contributed by atoms with Gasteiger partial charge in [-0.05, 0) is 44.2 Å². The van der Waals surface area contributed by atoms with Gasteiger partial charge in [-0.1, -0.05) is 18.2 Å². The minimum Gasteiger partial charge on any atom is -0.481 e. The van der Waals surface area contributed by atoms with Crippen molar-refractivity contribution in [2.45, 2.75) is 26.5 Å². The largest absolute Gasteiger partial charge is 0.481 e. The maximum absolute atomic E-state index is 12.6. The number of nitrogens with one attached hydrogen (secondary N) is 2. The second-order valence-corrected chi connectivity index (χ2v) is 6.35. The van der Waals surface area contributed by atoms with E-state index < -0.39 is 17.9 Å². The molecule has 3 aromatic rings. The van der Waals surface area contributed by atoms with E-state index >= 15 is 0 Å². The lowest BCUT2D eigenvalue weighted by atomic mass is 10.1. The van der Waals surface area contributed by atoms with E-state index in [1.54, 1.807) is 55.5 Å². The van der Waals surface area contributed by atoms with Crippen molar-refractivity contribution in [2.75, 3.05) is 0 Å². The molecule has 1 atom stereocenters. The summed E-state index contributed by atoms with van der Waals surface area (Å²) in [5.41, 5.74) is 4.80. The summed E-state index contributed by atoms with van der Waals surface area (Å²) < 4.78 is 6.69. The van der Waals surface area contributed by atoms with Crippen molar-refractivity contribution in [3.63, 3.8) is 0 Å². The van der Waals surface area contributed by atoms with Crippen LogP contribution in [0.15, 0.2) is 53.3 Å². The van der Waals surface area contributed by atoms with Crippen LogP contribution < -0.4 is 21.1 Å². The molecule has 0 spiro atoms. The summed E-state index contributed by atoms with van der Waals surface area (Å²) in [6.45, 7) is 3.56. The molecule has 9 nitrogen and oxygen atoms in total. The zero-order valence-corrected chi connectivity index (χ0v) is 16.4. The number of aryl methyl sites for hydroxylation is 1. The summed E-state index contributed by atoms with van der Waals surface area (Å²) in [7, 11) is 0. The first kappa shape index (κ1) is 20.5. The van der Waals surface area contributed by atoms with Crippen molar-refractivity contribution in [1.82, 2.24) is 20.6 Å². The molecule has 9 heteroatoms. The molecule has 1 heterocycles. The van der Waals surface area contributed by atoms with Crippen LogP contribution >= 0.6 is 0 Å². The molecule has 0 saturated carbocycles. The number of ether oxygens (including phenoxy) is 1. The number of benzene rings is 2. The molecule has 0 aliphatic carbocycles. The number of aromatic nitrogens is 2. The Labute approximate surface area is 171 Å². The highest BCUT2D eigenvalue weighted by Gasteiger charge is 2.19. The van der Waals surface area contributed by atoms with Gasteiger partial charge in [0, 0.05) is 11.9 Å². The predicted octanol–water partition coefficient (Wildman–Crippen LogP) is 1.52. The highest BCUT2D eigenvalue weighted by atomic mass is 16.5. The fourth-order valence-corrected chi connectivity index (χ4v) is 2.76. The van der Waals surface area contributed by atoms with Crippen LogP contribution in [-0.4, -0.2) is 27.7 Å². The quantitative estimate of drug-likeness (QED) is 0.620. The number of amides is 2. The third-order valence-electron chi connectivity index (χ3n) is 4.35. The number of carbonyl (C=O) groups excluding carboxylic acids is 2. The van der Waals surface area contributed by atoms with E-state index in [9.17, 15) is 14.4 Å². The highest BCUT2D eigenvalue weighted by Crippen LogP contribution is 2.14. The molecule has 1 aromatic heterocycles. The predicted molar refractivity (Wildman–Crippen MR) is 109 cm³/mol. The van der Waals surface area contributed by atoms with Gasteiger partial charge in [0.2, 0.25) is 0 Å². The van der Waals surface area contributed by atoms with Crippen LogP contribution in [0, 0.1) is 11.3 Å². The van der Waals surface area contributed by atoms with Gasteiger partial charge in [-0.3, -0.25) is 25.2 Å². The summed E-state index contributed by atoms with van der Waals surface area (Å²) in [4.78, 5) is 37.3. The Morgan fingerprint density at radius 1 is 1.13 bits per heavy atom. The second kappa shape index (κ2) is 8.87. The summed E-state index contributed by atoms with van der Waals surface area (Å²) in [6.07, 6.45) is -0.910. The lowest BCUT2D eigenvalue weighted by Crippen LogP contribution is -2.47. The van der Waals surface area contributed by atoms with Gasteiger partial charge in [0.15, 0.2) is 11.8 Å². The van der Waals surface area contributed by atoms with Gasteiger partial charge >= 0.3 is 0 Å². The molecule has 0 aliphatic rings. The Morgan fingerprint density at radius 2 is 1.80 bits per heavy atom. The number of hydrazine groups is 1. The second-order valence-electron chi connectivity index (χ2n) is 6.35. The van der Waals surface area contributed by atoms with E-state index in [2.05, 4.69) is 16.0 Å². The summed E-state index contributed by atoms with van der Waals surface area (Å²) >= 11 is 0. The third kappa shape index (κ3) is 4.28. The molecule has 0 radical (unpaired) electrons. The van der Waals surface area contributed by atoms with Crippen molar-refractivity contribution in [1.29, 1.82) is 5.26 Å². The van der Waals surface area contributed by atoms with Gasteiger partial charge in [-0.25, -0.2) is 4.68 Å². The fraction of sp³-hybridized carbons (Fsp3) is 0.190. The van der Waals surface area contributed by atoms with Gasteiger partial charge in [-0.15, -0.1) is 0 Å². The molecule has 0 unspecified atom stereocenters. The normalized spacial score (nSPS) is 11.4. The SMILES string of the molecule is CCn1nc(C(=O)NNC(=O)[C@H](C)Oc2ccc(C#N)cc2)c2ccccc2c1=O. The lowest BCUT2D eigenvalue weighted by Gasteiger charge is -2.15. The first-order valence-electron chi connectivity index (χ1n) is 9.21. The Hall–Kier alpha value is -4.19. The smallest absolute Gasteiger partial charge is 0.290 e. The first-order chi connectivity index (χ1) is 14.4. The van der Waals surface area contributed by atoms with Crippen molar-refractivity contribution in [3.05, 3.63) is 70.1 Å². The highest BCUT2D eigenvalue weighted by molar-refractivity contribution is 6.05. The van der Waals surface area contributed by atoms with E-state index in [-0.39, 0.29) is 11.3 Å². The van der Waals surface area contributed by atoms with Gasteiger partial charge in [0.05, 0.1) is 17.0 Å². The van der Waals surface area contributed by atoms with Crippen LogP contribution in [0.5, 0.6) is 5.75 Å². The standard InChI is InChI=1S/C21H19N5O4/c1-3-26-21(29)17-7-5-4-6-16(17)18(25-26)20(28)24-23-19(27)13(2)30-15-10-8-14(12-22)9-11-15/h4-11,13H,3H2,1-2H3,(H,23,27)(H,24,28)/t13-/m0/s1.